The van der Waals surface area contributed by atoms with E-state index in [1.807, 2.05) is 0 Å². The van der Waals surface area contributed by atoms with Gasteiger partial charge in [0.15, 0.2) is 0 Å². The van der Waals surface area contributed by atoms with Crippen molar-refractivity contribution in [2.75, 3.05) is 0 Å². The molecular weight excluding hydrogens is 147 g/mol. The van der Waals surface area contributed by atoms with E-state index in [4.69, 9.17) is 16.7 Å². The average molecular weight is 153 g/mol. The van der Waals surface area contributed by atoms with Gasteiger partial charge in [0.1, 0.15) is 5.75 Å². The molecule has 0 atom stereocenters. The molecule has 0 heterocycles. The van der Waals surface area contributed by atoms with Crippen LogP contribution in [0, 0.1) is 0 Å². The van der Waals surface area contributed by atoms with Crippen molar-refractivity contribution >= 4 is 41.2 Å². The summed E-state index contributed by atoms with van der Waals surface area (Å²) in [6.45, 7) is 0. The molecule has 1 rings (SSSR count). The fourth-order valence-electron chi connectivity index (χ4n) is 0.452. The van der Waals surface area contributed by atoms with Crippen LogP contribution in [0.15, 0.2) is 24.3 Å². The predicted octanol–water partition coefficient (Wildman–Crippen LogP) is 1.40. The van der Waals surface area contributed by atoms with Gasteiger partial charge in [-0.2, -0.15) is 0 Å². The summed E-state index contributed by atoms with van der Waals surface area (Å²) in [6, 6.07) is 6.67. The maximum absolute atomic E-state index is 8.79. The van der Waals surface area contributed by atoms with Crippen LogP contribution in [0.2, 0.25) is 5.02 Å². The molecule has 1 aromatic carbocycles. The van der Waals surface area contributed by atoms with Crippen molar-refractivity contribution in [2.45, 2.75) is 0 Å². The van der Waals surface area contributed by atoms with Gasteiger partial charge >= 0.3 is 29.6 Å². The second-order valence-corrected chi connectivity index (χ2v) is 1.86. The number of phenols is 1. The number of aromatic hydroxyl groups is 1. The van der Waals surface area contributed by atoms with Crippen molar-refractivity contribution in [2.24, 2.45) is 0 Å². The van der Waals surface area contributed by atoms with Crippen molar-refractivity contribution < 1.29 is 5.11 Å². The number of hydrogen-bond donors (Lipinski definition) is 1. The summed E-state index contributed by atoms with van der Waals surface area (Å²) >= 11 is 5.46. The fraction of sp³-hybridized carbons (Fsp3) is 0. The number of rotatable bonds is 0. The normalized spacial score (nSPS) is 8.11. The van der Waals surface area contributed by atoms with E-state index in [9.17, 15) is 0 Å². The first kappa shape index (κ1) is 9.31. The average Bonchev–Trinajstić information content (AvgIpc) is 1.77. The molecule has 0 spiro atoms. The quantitative estimate of drug-likeness (QED) is 0.557. The Morgan fingerprint density at radius 2 is 1.78 bits per heavy atom. The minimum atomic E-state index is 0. The monoisotopic (exact) mass is 152 g/mol. The van der Waals surface area contributed by atoms with E-state index in [2.05, 4.69) is 0 Å². The van der Waals surface area contributed by atoms with Crippen LogP contribution in [0.1, 0.15) is 0 Å². The van der Waals surface area contributed by atoms with Crippen molar-refractivity contribution in [3.05, 3.63) is 29.3 Å². The SMILES string of the molecule is Oc1ccccc1Cl.[NaH]. The molecule has 1 N–H and O–H groups in total. The number of phenolic OH excluding ortho intramolecular Hbond substituents is 1. The summed E-state index contributed by atoms with van der Waals surface area (Å²) in [4.78, 5) is 0. The zero-order chi connectivity index (χ0) is 5.98. The molecule has 0 bridgehead atoms. The van der Waals surface area contributed by atoms with E-state index in [1.165, 1.54) is 0 Å². The van der Waals surface area contributed by atoms with Crippen LogP contribution in [0.4, 0.5) is 0 Å². The third-order valence-corrected chi connectivity index (χ3v) is 1.17. The molecule has 0 aliphatic heterocycles. The van der Waals surface area contributed by atoms with Crippen molar-refractivity contribution in [1.29, 1.82) is 0 Å². The molecule has 44 valence electrons. The second-order valence-electron chi connectivity index (χ2n) is 1.45. The Labute approximate surface area is 80.9 Å². The van der Waals surface area contributed by atoms with E-state index >= 15 is 0 Å². The summed E-state index contributed by atoms with van der Waals surface area (Å²) in [5, 5.41) is 9.18. The van der Waals surface area contributed by atoms with E-state index < -0.39 is 0 Å². The van der Waals surface area contributed by atoms with E-state index in [1.54, 1.807) is 24.3 Å². The topological polar surface area (TPSA) is 20.2 Å². The van der Waals surface area contributed by atoms with E-state index in [0.717, 1.165) is 0 Å². The van der Waals surface area contributed by atoms with Gasteiger partial charge in [0.05, 0.1) is 5.02 Å². The molecule has 0 saturated carbocycles. The predicted molar refractivity (Wildman–Crippen MR) is 40.3 cm³/mol. The molecule has 0 aromatic heterocycles. The van der Waals surface area contributed by atoms with Crippen molar-refractivity contribution in [1.82, 2.24) is 0 Å². The Kier molecular flexibility index (Phi) is 4.32. The molecule has 1 nitrogen and oxygen atoms in total. The molecule has 0 fully saturated rings. The van der Waals surface area contributed by atoms with Crippen LogP contribution < -0.4 is 0 Å². The van der Waals surface area contributed by atoms with Crippen LogP contribution in [0.25, 0.3) is 0 Å². The Balaban J connectivity index is 0.000000640. The molecule has 0 unspecified atom stereocenters. The summed E-state index contributed by atoms with van der Waals surface area (Å²) in [7, 11) is 0. The van der Waals surface area contributed by atoms with Crippen LogP contribution >= 0.6 is 11.6 Å². The molecule has 9 heavy (non-hydrogen) atoms. The molecule has 0 aliphatic rings. The summed E-state index contributed by atoms with van der Waals surface area (Å²) < 4.78 is 0. The van der Waals surface area contributed by atoms with Crippen molar-refractivity contribution in [3.8, 4) is 5.75 Å². The second kappa shape index (κ2) is 4.18. The summed E-state index contributed by atoms with van der Waals surface area (Å²) in [5.74, 6) is 0.133. The van der Waals surface area contributed by atoms with Gasteiger partial charge in [-0.15, -0.1) is 0 Å². The third-order valence-electron chi connectivity index (χ3n) is 0.852. The van der Waals surface area contributed by atoms with E-state index in [0.29, 0.717) is 5.02 Å². The molecule has 0 radical (unpaired) electrons. The van der Waals surface area contributed by atoms with Gasteiger partial charge in [0.25, 0.3) is 0 Å². The number of hydrogen-bond acceptors (Lipinski definition) is 1. The Morgan fingerprint density at radius 3 is 2.11 bits per heavy atom. The van der Waals surface area contributed by atoms with Crippen LogP contribution in [0.3, 0.4) is 0 Å². The fourth-order valence-corrected chi connectivity index (χ4v) is 0.587. The molecule has 0 amide bonds. The first-order chi connectivity index (χ1) is 3.80. The molecular formula is C6H6ClNaO. The molecule has 1 aromatic rings. The Morgan fingerprint density at radius 1 is 1.22 bits per heavy atom. The summed E-state index contributed by atoms with van der Waals surface area (Å²) in [6.07, 6.45) is 0. The van der Waals surface area contributed by atoms with Crippen LogP contribution in [0.5, 0.6) is 5.75 Å². The number of halogens is 1. The zero-order valence-electron chi connectivity index (χ0n) is 4.13. The van der Waals surface area contributed by atoms with Gasteiger partial charge in [-0.3, -0.25) is 0 Å². The molecule has 3 heteroatoms. The van der Waals surface area contributed by atoms with Gasteiger partial charge in [0, 0.05) is 0 Å². The van der Waals surface area contributed by atoms with Gasteiger partial charge < -0.3 is 5.11 Å². The number of para-hydroxylation sites is 1. The first-order valence-electron chi connectivity index (χ1n) is 2.24. The van der Waals surface area contributed by atoms with Crippen molar-refractivity contribution in [3.63, 3.8) is 0 Å². The standard InChI is InChI=1S/C6H5ClO.Na.H/c7-5-3-1-2-4-6(5)8;;/h1-4,8H;;. The molecule has 0 saturated heterocycles. The van der Waals surface area contributed by atoms with E-state index in [-0.39, 0.29) is 35.3 Å². The summed E-state index contributed by atoms with van der Waals surface area (Å²) in [5.41, 5.74) is 0. The van der Waals surface area contributed by atoms with Crippen LogP contribution in [-0.2, 0) is 0 Å². The zero-order valence-corrected chi connectivity index (χ0v) is 4.89. The van der Waals surface area contributed by atoms with Gasteiger partial charge in [-0.25, -0.2) is 0 Å². The van der Waals surface area contributed by atoms with Gasteiger partial charge in [-0.05, 0) is 12.1 Å². The Bertz CT molecular complexity index is 169. The molecule has 0 aliphatic carbocycles. The third kappa shape index (κ3) is 2.59. The first-order valence-corrected chi connectivity index (χ1v) is 2.62. The maximum atomic E-state index is 8.79. The van der Waals surface area contributed by atoms with Crippen LogP contribution in [-0.4, -0.2) is 34.7 Å². The minimum absolute atomic E-state index is 0. The van der Waals surface area contributed by atoms with Gasteiger partial charge in [0.2, 0.25) is 0 Å². The van der Waals surface area contributed by atoms with Gasteiger partial charge in [-0.1, -0.05) is 23.7 Å². The Hall–Kier alpha value is 0.310. The number of benzene rings is 1.